The number of thiazole rings is 1. The maximum Gasteiger partial charge on any atom is 0.234 e. The standard InChI is InChI=1S/C23H24N4O5S2/c1-14(28)24-15-5-4-6-16(9-15)26-22(30)13-34-23-27-18(12-33-23)11-21(29)25-17-7-8-19(31-2)20(10-17)32-3/h4-10,12H,11,13H2,1-3H3,(H,24,28)(H,25,29)(H,26,30). The van der Waals surface area contributed by atoms with Gasteiger partial charge in [0.05, 0.1) is 32.1 Å². The molecule has 0 spiro atoms. The fraction of sp³-hybridized carbons (Fsp3) is 0.217. The summed E-state index contributed by atoms with van der Waals surface area (Å²) in [6.45, 7) is 1.42. The molecule has 0 aliphatic heterocycles. The normalized spacial score (nSPS) is 10.3. The lowest BCUT2D eigenvalue weighted by molar-refractivity contribution is -0.116. The number of amides is 3. The minimum Gasteiger partial charge on any atom is -0.493 e. The number of methoxy groups -OCH3 is 2. The van der Waals surface area contributed by atoms with Gasteiger partial charge in [-0.3, -0.25) is 14.4 Å². The predicted molar refractivity (Wildman–Crippen MR) is 134 cm³/mol. The second-order valence-corrected chi connectivity index (χ2v) is 9.08. The van der Waals surface area contributed by atoms with Gasteiger partial charge in [-0.25, -0.2) is 4.98 Å². The highest BCUT2D eigenvalue weighted by molar-refractivity contribution is 8.01. The van der Waals surface area contributed by atoms with E-state index in [-0.39, 0.29) is 29.9 Å². The molecule has 0 saturated carbocycles. The number of carbonyl (C=O) groups is 3. The van der Waals surface area contributed by atoms with Gasteiger partial charge >= 0.3 is 0 Å². The first-order valence-electron chi connectivity index (χ1n) is 10.1. The second kappa shape index (κ2) is 12.1. The number of hydrogen-bond donors (Lipinski definition) is 3. The molecule has 178 valence electrons. The summed E-state index contributed by atoms with van der Waals surface area (Å²) in [5, 5.41) is 10.1. The molecular weight excluding hydrogens is 476 g/mol. The molecule has 0 atom stereocenters. The van der Waals surface area contributed by atoms with Crippen molar-refractivity contribution in [3.05, 3.63) is 53.5 Å². The Balaban J connectivity index is 1.48. The van der Waals surface area contributed by atoms with Crippen molar-refractivity contribution >= 4 is 57.9 Å². The molecule has 3 N–H and O–H groups in total. The summed E-state index contributed by atoms with van der Waals surface area (Å²) >= 11 is 2.66. The molecule has 3 amide bonds. The van der Waals surface area contributed by atoms with E-state index in [0.717, 1.165) is 0 Å². The van der Waals surface area contributed by atoms with Crippen molar-refractivity contribution in [3.63, 3.8) is 0 Å². The average molecular weight is 501 g/mol. The van der Waals surface area contributed by atoms with Crippen LogP contribution in [-0.2, 0) is 20.8 Å². The average Bonchev–Trinajstić information content (AvgIpc) is 3.24. The third-order valence-electron chi connectivity index (χ3n) is 4.33. The second-order valence-electron chi connectivity index (χ2n) is 7.00. The predicted octanol–water partition coefficient (Wildman–Crippen LogP) is 4.03. The van der Waals surface area contributed by atoms with Crippen LogP contribution in [0.3, 0.4) is 0 Å². The monoisotopic (exact) mass is 500 g/mol. The van der Waals surface area contributed by atoms with Gasteiger partial charge in [0.2, 0.25) is 17.7 Å². The molecule has 0 aliphatic rings. The van der Waals surface area contributed by atoms with Crippen LogP contribution in [0.5, 0.6) is 11.5 Å². The Kier molecular flexibility index (Phi) is 8.88. The fourth-order valence-electron chi connectivity index (χ4n) is 2.92. The number of carbonyl (C=O) groups excluding carboxylic acids is 3. The van der Waals surface area contributed by atoms with Gasteiger partial charge in [0.15, 0.2) is 15.8 Å². The number of anilines is 3. The summed E-state index contributed by atoms with van der Waals surface area (Å²) in [5.74, 6) is 0.656. The summed E-state index contributed by atoms with van der Waals surface area (Å²) in [6.07, 6.45) is 0.105. The third kappa shape index (κ3) is 7.49. The van der Waals surface area contributed by atoms with Crippen molar-refractivity contribution in [1.29, 1.82) is 0 Å². The summed E-state index contributed by atoms with van der Waals surface area (Å²) in [7, 11) is 3.07. The summed E-state index contributed by atoms with van der Waals surface area (Å²) in [4.78, 5) is 40.3. The van der Waals surface area contributed by atoms with Crippen LogP contribution in [0.2, 0.25) is 0 Å². The smallest absolute Gasteiger partial charge is 0.234 e. The zero-order valence-electron chi connectivity index (χ0n) is 18.8. The molecule has 34 heavy (non-hydrogen) atoms. The van der Waals surface area contributed by atoms with Gasteiger partial charge in [0.1, 0.15) is 0 Å². The van der Waals surface area contributed by atoms with Crippen LogP contribution in [0.25, 0.3) is 0 Å². The third-order valence-corrected chi connectivity index (χ3v) is 6.40. The number of benzene rings is 2. The molecule has 3 aromatic rings. The first-order chi connectivity index (χ1) is 16.4. The van der Waals surface area contributed by atoms with E-state index in [1.807, 2.05) is 0 Å². The Bertz CT molecular complexity index is 1180. The van der Waals surface area contributed by atoms with Gasteiger partial charge in [-0.05, 0) is 30.3 Å². The molecule has 11 heteroatoms. The molecular formula is C23H24N4O5S2. The number of rotatable bonds is 10. The molecule has 0 saturated heterocycles. The van der Waals surface area contributed by atoms with E-state index in [9.17, 15) is 14.4 Å². The highest BCUT2D eigenvalue weighted by Gasteiger charge is 2.12. The molecule has 9 nitrogen and oxygen atoms in total. The Labute approximate surface area is 205 Å². The van der Waals surface area contributed by atoms with Crippen molar-refractivity contribution in [2.45, 2.75) is 17.7 Å². The molecule has 1 heterocycles. The van der Waals surface area contributed by atoms with Gasteiger partial charge in [0.25, 0.3) is 0 Å². The first-order valence-corrected chi connectivity index (χ1v) is 12.0. The van der Waals surface area contributed by atoms with E-state index in [4.69, 9.17) is 9.47 Å². The van der Waals surface area contributed by atoms with Crippen LogP contribution in [0, 0.1) is 0 Å². The van der Waals surface area contributed by atoms with Crippen LogP contribution in [0.4, 0.5) is 17.1 Å². The van der Waals surface area contributed by atoms with Crippen LogP contribution < -0.4 is 25.4 Å². The SMILES string of the molecule is COc1ccc(NC(=O)Cc2csc(SCC(=O)Nc3cccc(NC(C)=O)c3)n2)cc1OC. The molecule has 0 radical (unpaired) electrons. The summed E-state index contributed by atoms with van der Waals surface area (Å²) in [6, 6.07) is 12.0. The lowest BCUT2D eigenvalue weighted by atomic mass is 10.2. The van der Waals surface area contributed by atoms with E-state index >= 15 is 0 Å². The Morgan fingerprint density at radius 1 is 0.912 bits per heavy atom. The van der Waals surface area contributed by atoms with Gasteiger partial charge in [-0.1, -0.05) is 17.8 Å². The topological polar surface area (TPSA) is 119 Å². The number of aromatic nitrogens is 1. The van der Waals surface area contributed by atoms with Crippen molar-refractivity contribution in [2.75, 3.05) is 35.9 Å². The molecule has 2 aromatic carbocycles. The lowest BCUT2D eigenvalue weighted by Gasteiger charge is -2.10. The van der Waals surface area contributed by atoms with Crippen LogP contribution >= 0.6 is 23.1 Å². The van der Waals surface area contributed by atoms with Gasteiger partial charge < -0.3 is 25.4 Å². The lowest BCUT2D eigenvalue weighted by Crippen LogP contribution is -2.15. The van der Waals surface area contributed by atoms with Crippen molar-refractivity contribution < 1.29 is 23.9 Å². The molecule has 1 aromatic heterocycles. The molecule has 3 rings (SSSR count). The maximum atomic E-state index is 12.4. The van der Waals surface area contributed by atoms with E-state index in [2.05, 4.69) is 20.9 Å². The number of ether oxygens (including phenoxy) is 2. The fourth-order valence-corrected chi connectivity index (χ4v) is 4.57. The summed E-state index contributed by atoms with van der Waals surface area (Å²) < 4.78 is 11.1. The van der Waals surface area contributed by atoms with Crippen molar-refractivity contribution in [3.8, 4) is 11.5 Å². The van der Waals surface area contributed by atoms with E-state index in [1.54, 1.807) is 55.0 Å². The number of nitrogens with zero attached hydrogens (tertiary/aromatic N) is 1. The van der Waals surface area contributed by atoms with Gasteiger partial charge in [0, 0.05) is 35.4 Å². The Morgan fingerprint density at radius 2 is 1.59 bits per heavy atom. The number of nitrogens with one attached hydrogen (secondary N) is 3. The quantitative estimate of drug-likeness (QED) is 0.360. The number of thioether (sulfide) groups is 1. The first kappa shape index (κ1) is 25.1. The van der Waals surface area contributed by atoms with Gasteiger partial charge in [-0.15, -0.1) is 11.3 Å². The van der Waals surface area contributed by atoms with Crippen LogP contribution in [-0.4, -0.2) is 42.7 Å². The molecule has 0 bridgehead atoms. The Hall–Kier alpha value is -3.57. The molecule has 0 aliphatic carbocycles. The van der Waals surface area contributed by atoms with Crippen LogP contribution in [0.15, 0.2) is 52.2 Å². The maximum absolute atomic E-state index is 12.4. The van der Waals surface area contributed by atoms with Gasteiger partial charge in [-0.2, -0.15) is 0 Å². The van der Waals surface area contributed by atoms with E-state index < -0.39 is 0 Å². The Morgan fingerprint density at radius 3 is 2.29 bits per heavy atom. The van der Waals surface area contributed by atoms with E-state index in [0.29, 0.717) is 38.6 Å². The largest absolute Gasteiger partial charge is 0.493 e. The highest BCUT2D eigenvalue weighted by Crippen LogP contribution is 2.30. The summed E-state index contributed by atoms with van der Waals surface area (Å²) in [5.41, 5.74) is 2.40. The van der Waals surface area contributed by atoms with Crippen LogP contribution in [0.1, 0.15) is 12.6 Å². The minimum absolute atomic E-state index is 0.105. The number of hydrogen-bond acceptors (Lipinski definition) is 8. The zero-order chi connectivity index (χ0) is 24.5. The van der Waals surface area contributed by atoms with Crippen molar-refractivity contribution in [1.82, 2.24) is 4.98 Å². The molecule has 0 unspecified atom stereocenters. The van der Waals surface area contributed by atoms with Crippen molar-refractivity contribution in [2.24, 2.45) is 0 Å². The van der Waals surface area contributed by atoms with E-state index in [1.165, 1.54) is 37.1 Å². The highest BCUT2D eigenvalue weighted by atomic mass is 32.2. The zero-order valence-corrected chi connectivity index (χ0v) is 20.5. The minimum atomic E-state index is -0.217. The molecule has 0 fully saturated rings.